The Morgan fingerprint density at radius 1 is 1.44 bits per heavy atom. The summed E-state index contributed by atoms with van der Waals surface area (Å²) in [6.45, 7) is 0. The SMILES string of the molecule is O=C(O)c1sc(-c2ccccc2Cl)nc1Br. The summed E-state index contributed by atoms with van der Waals surface area (Å²) < 4.78 is 0.333. The van der Waals surface area contributed by atoms with E-state index in [0.717, 1.165) is 16.9 Å². The molecule has 0 aliphatic rings. The van der Waals surface area contributed by atoms with Crippen LogP contribution in [0.1, 0.15) is 9.67 Å². The standard InChI is InChI=1S/C10H5BrClNO2S/c11-8-7(10(14)15)16-9(13-8)5-3-1-2-4-6(5)12/h1-4H,(H,14,15). The largest absolute Gasteiger partial charge is 0.477 e. The van der Waals surface area contributed by atoms with Gasteiger partial charge in [0.15, 0.2) is 0 Å². The van der Waals surface area contributed by atoms with Crippen LogP contribution < -0.4 is 0 Å². The highest BCUT2D eigenvalue weighted by molar-refractivity contribution is 9.10. The van der Waals surface area contributed by atoms with Gasteiger partial charge < -0.3 is 5.11 Å². The highest BCUT2D eigenvalue weighted by atomic mass is 79.9. The number of hydrogen-bond acceptors (Lipinski definition) is 3. The van der Waals surface area contributed by atoms with Gasteiger partial charge in [-0.15, -0.1) is 11.3 Å². The Morgan fingerprint density at radius 2 is 2.12 bits per heavy atom. The van der Waals surface area contributed by atoms with Gasteiger partial charge in [-0.1, -0.05) is 29.8 Å². The van der Waals surface area contributed by atoms with Crippen molar-refractivity contribution in [3.05, 3.63) is 38.8 Å². The Labute approximate surface area is 109 Å². The van der Waals surface area contributed by atoms with Gasteiger partial charge in [0.2, 0.25) is 0 Å². The van der Waals surface area contributed by atoms with E-state index in [9.17, 15) is 4.79 Å². The number of carbonyl (C=O) groups is 1. The van der Waals surface area contributed by atoms with E-state index in [4.69, 9.17) is 16.7 Å². The van der Waals surface area contributed by atoms with Gasteiger partial charge in [0.05, 0.1) is 5.02 Å². The molecule has 1 aromatic carbocycles. The fraction of sp³-hybridized carbons (Fsp3) is 0. The number of aromatic carboxylic acids is 1. The third-order valence-corrected chi connectivity index (χ3v) is 4.13. The van der Waals surface area contributed by atoms with Crippen LogP contribution in [0.5, 0.6) is 0 Å². The average molecular weight is 319 g/mol. The van der Waals surface area contributed by atoms with Crippen molar-refractivity contribution in [2.24, 2.45) is 0 Å². The molecule has 0 amide bonds. The van der Waals surface area contributed by atoms with Crippen molar-refractivity contribution in [1.29, 1.82) is 0 Å². The molecule has 82 valence electrons. The maximum Gasteiger partial charge on any atom is 0.348 e. The van der Waals surface area contributed by atoms with Crippen molar-refractivity contribution < 1.29 is 9.90 Å². The van der Waals surface area contributed by atoms with E-state index in [1.807, 2.05) is 12.1 Å². The maximum atomic E-state index is 10.9. The Morgan fingerprint density at radius 3 is 2.69 bits per heavy atom. The van der Waals surface area contributed by atoms with Crippen LogP contribution in [-0.2, 0) is 0 Å². The fourth-order valence-corrected chi connectivity index (χ4v) is 3.01. The summed E-state index contributed by atoms with van der Waals surface area (Å²) in [5.41, 5.74) is 0.738. The second-order valence-corrected chi connectivity index (χ2v) is 5.08. The third-order valence-electron chi connectivity index (χ3n) is 1.88. The molecular weight excluding hydrogens is 314 g/mol. The van der Waals surface area contributed by atoms with Crippen molar-refractivity contribution in [2.75, 3.05) is 0 Å². The molecule has 1 aromatic heterocycles. The number of hydrogen-bond donors (Lipinski definition) is 1. The Hall–Kier alpha value is -0.910. The van der Waals surface area contributed by atoms with Gasteiger partial charge in [0.1, 0.15) is 14.5 Å². The lowest BCUT2D eigenvalue weighted by Gasteiger charge is -1.97. The van der Waals surface area contributed by atoms with E-state index in [1.165, 1.54) is 0 Å². The van der Waals surface area contributed by atoms with E-state index in [0.29, 0.717) is 14.6 Å². The van der Waals surface area contributed by atoms with Gasteiger partial charge in [-0.05, 0) is 22.0 Å². The van der Waals surface area contributed by atoms with Gasteiger partial charge in [-0.3, -0.25) is 0 Å². The van der Waals surface area contributed by atoms with E-state index in [-0.39, 0.29) is 4.88 Å². The lowest BCUT2D eigenvalue weighted by atomic mass is 10.2. The van der Waals surface area contributed by atoms with Crippen LogP contribution in [0.3, 0.4) is 0 Å². The van der Waals surface area contributed by atoms with E-state index in [1.54, 1.807) is 12.1 Å². The molecule has 2 rings (SSSR count). The third kappa shape index (κ3) is 2.11. The number of halogens is 2. The molecule has 6 heteroatoms. The summed E-state index contributed by atoms with van der Waals surface area (Å²) in [4.78, 5) is 15.2. The molecular formula is C10H5BrClNO2S. The number of benzene rings is 1. The molecule has 0 unspecified atom stereocenters. The average Bonchev–Trinajstić information content (AvgIpc) is 2.61. The minimum absolute atomic E-state index is 0.176. The molecule has 0 aliphatic carbocycles. The molecule has 1 N–H and O–H groups in total. The van der Waals surface area contributed by atoms with Crippen molar-refractivity contribution in [3.63, 3.8) is 0 Å². The van der Waals surface area contributed by atoms with Crippen molar-refractivity contribution in [3.8, 4) is 10.6 Å². The van der Waals surface area contributed by atoms with Crippen LogP contribution in [0.25, 0.3) is 10.6 Å². The molecule has 0 spiro atoms. The number of aromatic nitrogens is 1. The molecule has 1 heterocycles. The van der Waals surface area contributed by atoms with E-state index < -0.39 is 5.97 Å². The predicted octanol–water partition coefficient (Wildman–Crippen LogP) is 3.92. The molecule has 0 aliphatic heterocycles. The van der Waals surface area contributed by atoms with Gasteiger partial charge >= 0.3 is 5.97 Å². The normalized spacial score (nSPS) is 10.4. The van der Waals surface area contributed by atoms with Gasteiger partial charge in [-0.25, -0.2) is 9.78 Å². The van der Waals surface area contributed by atoms with E-state index >= 15 is 0 Å². The molecule has 3 nitrogen and oxygen atoms in total. The fourth-order valence-electron chi connectivity index (χ4n) is 1.18. The predicted molar refractivity (Wildman–Crippen MR) is 67.2 cm³/mol. The highest BCUT2D eigenvalue weighted by Crippen LogP contribution is 2.34. The minimum Gasteiger partial charge on any atom is -0.477 e. The zero-order valence-electron chi connectivity index (χ0n) is 7.78. The van der Waals surface area contributed by atoms with Crippen molar-refractivity contribution >= 4 is 44.8 Å². The van der Waals surface area contributed by atoms with Gasteiger partial charge in [-0.2, -0.15) is 0 Å². The van der Waals surface area contributed by atoms with Crippen molar-refractivity contribution in [1.82, 2.24) is 4.98 Å². The minimum atomic E-state index is -0.998. The number of rotatable bonds is 2. The number of carboxylic acids is 1. The number of thiazole rings is 1. The lowest BCUT2D eigenvalue weighted by Crippen LogP contribution is -1.91. The van der Waals surface area contributed by atoms with Crippen LogP contribution >= 0.6 is 38.9 Å². The highest BCUT2D eigenvalue weighted by Gasteiger charge is 2.17. The molecule has 0 fully saturated rings. The maximum absolute atomic E-state index is 10.9. The first-order valence-corrected chi connectivity index (χ1v) is 6.23. The van der Waals surface area contributed by atoms with Crippen molar-refractivity contribution in [2.45, 2.75) is 0 Å². The summed E-state index contributed by atoms with van der Waals surface area (Å²) in [5, 5.41) is 10.1. The van der Waals surface area contributed by atoms with Gasteiger partial charge in [0.25, 0.3) is 0 Å². The molecule has 0 bridgehead atoms. The summed E-state index contributed by atoms with van der Waals surface area (Å²) >= 11 is 10.2. The smallest absolute Gasteiger partial charge is 0.348 e. The lowest BCUT2D eigenvalue weighted by molar-refractivity contribution is 0.0701. The number of carboxylic acid groups (broad SMARTS) is 1. The molecule has 0 saturated carbocycles. The summed E-state index contributed by atoms with van der Waals surface area (Å²) in [7, 11) is 0. The first-order valence-electron chi connectivity index (χ1n) is 4.24. The molecule has 0 saturated heterocycles. The van der Waals surface area contributed by atoms with Crippen LogP contribution in [0.2, 0.25) is 5.02 Å². The Bertz CT molecular complexity index is 556. The quantitative estimate of drug-likeness (QED) is 0.913. The van der Waals surface area contributed by atoms with Crippen LogP contribution in [0.4, 0.5) is 0 Å². The van der Waals surface area contributed by atoms with Crippen LogP contribution in [-0.4, -0.2) is 16.1 Å². The van der Waals surface area contributed by atoms with E-state index in [2.05, 4.69) is 20.9 Å². The summed E-state index contributed by atoms with van der Waals surface area (Å²) in [5.74, 6) is -0.998. The topological polar surface area (TPSA) is 50.2 Å². The number of nitrogens with zero attached hydrogens (tertiary/aromatic N) is 1. The molecule has 2 aromatic rings. The summed E-state index contributed by atoms with van der Waals surface area (Å²) in [6, 6.07) is 7.19. The summed E-state index contributed by atoms with van der Waals surface area (Å²) in [6.07, 6.45) is 0. The first-order chi connectivity index (χ1) is 7.59. The van der Waals surface area contributed by atoms with Crippen LogP contribution in [0, 0.1) is 0 Å². The molecule has 0 atom stereocenters. The van der Waals surface area contributed by atoms with Gasteiger partial charge in [0, 0.05) is 5.56 Å². The zero-order valence-corrected chi connectivity index (χ0v) is 10.9. The van der Waals surface area contributed by atoms with Crippen LogP contribution in [0.15, 0.2) is 28.9 Å². The second-order valence-electron chi connectivity index (χ2n) is 2.92. The monoisotopic (exact) mass is 317 g/mol. The zero-order chi connectivity index (χ0) is 11.7. The Balaban J connectivity index is 2.54. The Kier molecular flexibility index (Phi) is 3.28. The molecule has 0 radical (unpaired) electrons. The molecule has 16 heavy (non-hydrogen) atoms. The second kappa shape index (κ2) is 4.53. The first kappa shape index (κ1) is 11.6.